The van der Waals surface area contributed by atoms with Gasteiger partial charge in [-0.05, 0) is 47.6 Å². The molecule has 0 saturated heterocycles. The third kappa shape index (κ3) is 2.10. The van der Waals surface area contributed by atoms with Gasteiger partial charge >= 0.3 is 0 Å². The third-order valence-corrected chi connectivity index (χ3v) is 4.29. The average molecular weight is 262 g/mol. The highest BCUT2D eigenvalue weighted by Gasteiger charge is 2.27. The van der Waals surface area contributed by atoms with E-state index < -0.39 is 0 Å². The van der Waals surface area contributed by atoms with E-state index in [1.54, 1.807) is 0 Å². The van der Waals surface area contributed by atoms with Crippen LogP contribution in [0.2, 0.25) is 0 Å². The zero-order valence-corrected chi connectivity index (χ0v) is 12.8. The predicted molar refractivity (Wildman–Crippen MR) is 87.6 cm³/mol. The first-order valence-electron chi connectivity index (χ1n) is 7.46. The first kappa shape index (κ1) is 13.2. The van der Waals surface area contributed by atoms with Gasteiger partial charge in [0, 0.05) is 5.92 Å². The van der Waals surface area contributed by atoms with E-state index in [9.17, 15) is 0 Å². The molecule has 0 radical (unpaired) electrons. The lowest BCUT2D eigenvalue weighted by molar-refractivity contribution is 0.764. The molecular formula is C20H22. The monoisotopic (exact) mass is 262 g/mol. The fraction of sp³-hybridized carbons (Fsp3) is 0.300. The summed E-state index contributed by atoms with van der Waals surface area (Å²) in [6.45, 7) is 8.97. The Kier molecular flexibility index (Phi) is 3.25. The smallest absolute Gasteiger partial charge is 0.0281 e. The van der Waals surface area contributed by atoms with Crippen LogP contribution in [0, 0.1) is 5.92 Å². The fourth-order valence-electron chi connectivity index (χ4n) is 3.12. The number of hydrogen-bond donors (Lipinski definition) is 0. The second kappa shape index (κ2) is 4.94. The molecular weight excluding hydrogens is 240 g/mol. The molecule has 0 aromatic heterocycles. The van der Waals surface area contributed by atoms with Gasteiger partial charge in [0.25, 0.3) is 0 Å². The van der Waals surface area contributed by atoms with Crippen molar-refractivity contribution in [2.75, 3.05) is 0 Å². The van der Waals surface area contributed by atoms with Gasteiger partial charge in [0.2, 0.25) is 0 Å². The Hall–Kier alpha value is -1.82. The summed E-state index contributed by atoms with van der Waals surface area (Å²) < 4.78 is 0. The molecule has 1 aromatic carbocycles. The molecule has 1 unspecified atom stereocenters. The molecule has 0 N–H and O–H groups in total. The van der Waals surface area contributed by atoms with Gasteiger partial charge in [-0.1, -0.05) is 68.0 Å². The van der Waals surface area contributed by atoms with E-state index in [0.717, 1.165) is 0 Å². The Morgan fingerprint density at radius 3 is 2.50 bits per heavy atom. The molecule has 1 atom stereocenters. The maximum Gasteiger partial charge on any atom is 0.0281 e. The first-order chi connectivity index (χ1) is 9.58. The van der Waals surface area contributed by atoms with Crippen LogP contribution in [0.25, 0.3) is 6.08 Å². The zero-order valence-electron chi connectivity index (χ0n) is 12.8. The van der Waals surface area contributed by atoms with Crippen molar-refractivity contribution in [2.45, 2.75) is 33.6 Å². The zero-order chi connectivity index (χ0) is 14.3. The van der Waals surface area contributed by atoms with Gasteiger partial charge in [0.15, 0.2) is 0 Å². The molecule has 102 valence electrons. The van der Waals surface area contributed by atoms with Gasteiger partial charge in [0.05, 0.1) is 0 Å². The summed E-state index contributed by atoms with van der Waals surface area (Å²) >= 11 is 0. The quantitative estimate of drug-likeness (QED) is 0.645. The molecule has 2 aliphatic rings. The van der Waals surface area contributed by atoms with E-state index >= 15 is 0 Å². The summed E-state index contributed by atoms with van der Waals surface area (Å²) in [5.41, 5.74) is 8.58. The fourth-order valence-corrected chi connectivity index (χ4v) is 3.12. The number of benzene rings is 1. The topological polar surface area (TPSA) is 0 Å². The van der Waals surface area contributed by atoms with Crippen molar-refractivity contribution in [2.24, 2.45) is 5.92 Å². The van der Waals surface area contributed by atoms with Crippen LogP contribution in [0.4, 0.5) is 0 Å². The number of allylic oxidation sites excluding steroid dienone is 7. The highest BCUT2D eigenvalue weighted by molar-refractivity contribution is 5.69. The number of fused-ring (bicyclic) bond motifs is 1. The first-order valence-corrected chi connectivity index (χ1v) is 7.46. The standard InChI is InChI=1S/C20H22/c1-13(2)16-11-19(14(3)4)20(12-16)18-10-9-15-7-5-6-8-17(15)18/h5-12,14,18H,1-4H3. The van der Waals surface area contributed by atoms with Crippen molar-refractivity contribution in [1.29, 1.82) is 0 Å². The van der Waals surface area contributed by atoms with Crippen LogP contribution in [0.3, 0.4) is 0 Å². The second-order valence-electron chi connectivity index (χ2n) is 6.28. The van der Waals surface area contributed by atoms with Crippen LogP contribution in [0.15, 0.2) is 64.8 Å². The van der Waals surface area contributed by atoms with Crippen LogP contribution in [0.1, 0.15) is 44.7 Å². The lowest BCUT2D eigenvalue weighted by Gasteiger charge is -2.18. The van der Waals surface area contributed by atoms with E-state index in [1.807, 2.05) is 0 Å². The molecule has 0 spiro atoms. The Bertz CT molecular complexity index is 659. The van der Waals surface area contributed by atoms with Crippen molar-refractivity contribution < 1.29 is 0 Å². The maximum atomic E-state index is 2.39. The van der Waals surface area contributed by atoms with Gasteiger partial charge in [-0.3, -0.25) is 0 Å². The minimum Gasteiger partial charge on any atom is -0.0720 e. The van der Waals surface area contributed by atoms with Gasteiger partial charge < -0.3 is 0 Å². The summed E-state index contributed by atoms with van der Waals surface area (Å²) in [7, 11) is 0. The van der Waals surface area contributed by atoms with Gasteiger partial charge in [0.1, 0.15) is 0 Å². The van der Waals surface area contributed by atoms with Crippen molar-refractivity contribution in [1.82, 2.24) is 0 Å². The number of rotatable bonds is 2. The highest BCUT2D eigenvalue weighted by Crippen LogP contribution is 2.43. The van der Waals surface area contributed by atoms with Gasteiger partial charge in [-0.2, -0.15) is 0 Å². The summed E-state index contributed by atoms with van der Waals surface area (Å²) in [6, 6.07) is 8.74. The largest absolute Gasteiger partial charge is 0.0720 e. The summed E-state index contributed by atoms with van der Waals surface area (Å²) in [5.74, 6) is 0.996. The average Bonchev–Trinajstić information content (AvgIpc) is 3.02. The van der Waals surface area contributed by atoms with Crippen LogP contribution in [0.5, 0.6) is 0 Å². The minimum absolute atomic E-state index is 0.427. The highest BCUT2D eigenvalue weighted by atomic mass is 14.3. The molecule has 2 aliphatic carbocycles. The molecule has 0 heterocycles. The Morgan fingerprint density at radius 2 is 1.80 bits per heavy atom. The Balaban J connectivity index is 2.07. The lowest BCUT2D eigenvalue weighted by atomic mass is 9.85. The predicted octanol–water partition coefficient (Wildman–Crippen LogP) is 5.66. The number of hydrogen-bond acceptors (Lipinski definition) is 0. The molecule has 0 fully saturated rings. The molecule has 0 saturated carbocycles. The normalized spacial score (nSPS) is 20.2. The molecule has 0 heteroatoms. The SMILES string of the molecule is CC(C)=C1C=C(C(C)C)C(C2C=Cc3ccccc32)=C1. The van der Waals surface area contributed by atoms with Crippen LogP contribution >= 0.6 is 0 Å². The molecule has 0 nitrogen and oxygen atoms in total. The van der Waals surface area contributed by atoms with E-state index in [-0.39, 0.29) is 0 Å². The van der Waals surface area contributed by atoms with Crippen molar-refractivity contribution in [3.8, 4) is 0 Å². The summed E-state index contributed by atoms with van der Waals surface area (Å²) in [4.78, 5) is 0. The van der Waals surface area contributed by atoms with Crippen molar-refractivity contribution in [3.63, 3.8) is 0 Å². The molecule has 0 amide bonds. The van der Waals surface area contributed by atoms with Gasteiger partial charge in [-0.25, -0.2) is 0 Å². The Morgan fingerprint density at radius 1 is 1.05 bits per heavy atom. The molecule has 3 rings (SSSR count). The molecule has 0 aliphatic heterocycles. The van der Waals surface area contributed by atoms with Crippen LogP contribution < -0.4 is 0 Å². The third-order valence-electron chi connectivity index (χ3n) is 4.29. The van der Waals surface area contributed by atoms with E-state index in [1.165, 1.54) is 33.4 Å². The van der Waals surface area contributed by atoms with Crippen LogP contribution in [-0.2, 0) is 0 Å². The molecule has 0 bridgehead atoms. The molecule has 20 heavy (non-hydrogen) atoms. The van der Waals surface area contributed by atoms with E-state index in [2.05, 4.69) is 76.3 Å². The van der Waals surface area contributed by atoms with Gasteiger partial charge in [-0.15, -0.1) is 0 Å². The van der Waals surface area contributed by atoms with Crippen molar-refractivity contribution in [3.05, 3.63) is 75.9 Å². The van der Waals surface area contributed by atoms with E-state index in [0.29, 0.717) is 11.8 Å². The summed E-state index contributed by atoms with van der Waals surface area (Å²) in [6.07, 6.45) is 9.38. The minimum atomic E-state index is 0.427. The summed E-state index contributed by atoms with van der Waals surface area (Å²) in [5, 5.41) is 0. The molecule has 1 aromatic rings. The second-order valence-corrected chi connectivity index (χ2v) is 6.28. The van der Waals surface area contributed by atoms with Crippen molar-refractivity contribution >= 4 is 6.08 Å². The van der Waals surface area contributed by atoms with Crippen LogP contribution in [-0.4, -0.2) is 0 Å². The lowest BCUT2D eigenvalue weighted by Crippen LogP contribution is -2.03. The Labute approximate surface area is 122 Å². The van der Waals surface area contributed by atoms with E-state index in [4.69, 9.17) is 0 Å². The maximum absolute atomic E-state index is 2.39.